The maximum absolute atomic E-state index is 12.5. The first-order valence-electron chi connectivity index (χ1n) is 7.21. The highest BCUT2D eigenvalue weighted by molar-refractivity contribution is 6.21. The summed E-state index contributed by atoms with van der Waals surface area (Å²) < 4.78 is 0. The number of phenolic OH excluding ortho intramolecular Hbond substituents is 1. The van der Waals surface area contributed by atoms with Crippen LogP contribution in [0.2, 0.25) is 0 Å². The number of amides is 1. The van der Waals surface area contributed by atoms with Crippen molar-refractivity contribution in [1.82, 2.24) is 0 Å². The molecule has 4 rings (SSSR count). The van der Waals surface area contributed by atoms with Gasteiger partial charge in [-0.1, -0.05) is 30.3 Å². The topological polar surface area (TPSA) is 78.9 Å². The van der Waals surface area contributed by atoms with E-state index in [9.17, 15) is 9.90 Å². The number of carbonyl (C=O) groups excluding carboxylic acids is 1. The summed E-state index contributed by atoms with van der Waals surface area (Å²) in [6.45, 7) is 0.579. The average molecular weight is 293 g/mol. The lowest BCUT2D eigenvalue weighted by Crippen LogP contribution is -2.41. The van der Waals surface area contributed by atoms with Crippen LogP contribution in [0.1, 0.15) is 16.7 Å². The third-order valence-corrected chi connectivity index (χ3v) is 4.14. The van der Waals surface area contributed by atoms with E-state index in [4.69, 9.17) is 5.73 Å². The third kappa shape index (κ3) is 1.83. The van der Waals surface area contributed by atoms with Gasteiger partial charge >= 0.3 is 0 Å². The first-order valence-corrected chi connectivity index (χ1v) is 7.21. The lowest BCUT2D eigenvalue weighted by atomic mass is 9.97. The van der Waals surface area contributed by atoms with Crippen molar-refractivity contribution in [3.63, 3.8) is 0 Å². The average Bonchev–Trinajstić information content (AvgIpc) is 2.91. The van der Waals surface area contributed by atoms with Crippen LogP contribution in [0.5, 0.6) is 5.75 Å². The zero-order chi connectivity index (χ0) is 15.3. The van der Waals surface area contributed by atoms with Crippen molar-refractivity contribution in [1.29, 1.82) is 0 Å². The largest absolute Gasteiger partial charge is 0.508 e. The zero-order valence-corrected chi connectivity index (χ0v) is 11.9. The van der Waals surface area contributed by atoms with E-state index in [0.717, 1.165) is 28.8 Å². The van der Waals surface area contributed by atoms with Crippen LogP contribution in [0.25, 0.3) is 0 Å². The molecule has 2 aliphatic rings. The van der Waals surface area contributed by atoms with Gasteiger partial charge in [-0.2, -0.15) is 0 Å². The zero-order valence-electron chi connectivity index (χ0n) is 11.9. The van der Waals surface area contributed by atoms with Gasteiger partial charge in [0.05, 0.1) is 11.4 Å². The number of nitrogens with zero attached hydrogens (tertiary/aromatic N) is 2. The molecule has 0 saturated heterocycles. The molecule has 0 radical (unpaired) electrons. The molecule has 22 heavy (non-hydrogen) atoms. The summed E-state index contributed by atoms with van der Waals surface area (Å²) in [6.07, 6.45) is -0.201. The monoisotopic (exact) mass is 293 g/mol. The van der Waals surface area contributed by atoms with E-state index >= 15 is 0 Å². The minimum atomic E-state index is -0.921. The fourth-order valence-corrected chi connectivity index (χ4v) is 3.18. The van der Waals surface area contributed by atoms with Gasteiger partial charge in [0.1, 0.15) is 5.75 Å². The van der Waals surface area contributed by atoms with Crippen LogP contribution in [0.4, 0.5) is 5.69 Å². The molecular weight excluding hydrogens is 278 g/mol. The highest BCUT2D eigenvalue weighted by atomic mass is 16.3. The molecule has 0 saturated carbocycles. The Morgan fingerprint density at radius 3 is 2.77 bits per heavy atom. The van der Waals surface area contributed by atoms with Gasteiger partial charge in [-0.05, 0) is 24.1 Å². The van der Waals surface area contributed by atoms with E-state index in [1.54, 1.807) is 17.0 Å². The van der Waals surface area contributed by atoms with Gasteiger partial charge in [0.25, 0.3) is 5.91 Å². The van der Waals surface area contributed by atoms with Gasteiger partial charge in [0.2, 0.25) is 0 Å². The summed E-state index contributed by atoms with van der Waals surface area (Å²) in [5.41, 5.74) is 10.1. The molecule has 0 fully saturated rings. The Balaban J connectivity index is 2.02. The summed E-state index contributed by atoms with van der Waals surface area (Å²) in [5.74, 6) is -0.0150. The molecule has 0 aromatic heterocycles. The smallest absolute Gasteiger partial charge is 0.266 e. The molecule has 3 N–H and O–H groups in total. The number of carbonyl (C=O) groups is 1. The highest BCUT2D eigenvalue weighted by Crippen LogP contribution is 2.38. The van der Waals surface area contributed by atoms with Crippen LogP contribution < -0.4 is 10.6 Å². The summed E-state index contributed by atoms with van der Waals surface area (Å²) >= 11 is 0. The van der Waals surface area contributed by atoms with Gasteiger partial charge in [-0.15, -0.1) is 0 Å². The number of hydrogen-bond donors (Lipinski definition) is 2. The molecule has 1 atom stereocenters. The van der Waals surface area contributed by atoms with Gasteiger partial charge < -0.3 is 15.7 Å². The SMILES string of the molecule is NC1N=C(c2ccccc2)c2cc(O)cc3c2N(CC3)C1=O. The van der Waals surface area contributed by atoms with Crippen LogP contribution in [0.15, 0.2) is 47.5 Å². The number of nitrogens with two attached hydrogens (primary N) is 1. The molecule has 0 aliphatic carbocycles. The van der Waals surface area contributed by atoms with Gasteiger partial charge in [-0.25, -0.2) is 0 Å². The number of benzene rings is 2. The Bertz CT molecular complexity index is 799. The third-order valence-electron chi connectivity index (χ3n) is 4.14. The van der Waals surface area contributed by atoms with Crippen molar-refractivity contribution in [3.05, 3.63) is 59.2 Å². The van der Waals surface area contributed by atoms with Crippen molar-refractivity contribution in [3.8, 4) is 5.75 Å². The Kier molecular flexibility index (Phi) is 2.77. The van der Waals surface area contributed by atoms with E-state index in [2.05, 4.69) is 4.99 Å². The summed E-state index contributed by atoms with van der Waals surface area (Å²) in [4.78, 5) is 18.6. The molecule has 0 bridgehead atoms. The molecule has 2 aromatic carbocycles. The second-order valence-corrected chi connectivity index (χ2v) is 5.53. The van der Waals surface area contributed by atoms with E-state index in [1.807, 2.05) is 30.3 Å². The molecule has 5 nitrogen and oxygen atoms in total. The number of rotatable bonds is 1. The summed E-state index contributed by atoms with van der Waals surface area (Å²) in [6, 6.07) is 13.0. The molecule has 1 unspecified atom stereocenters. The van der Waals surface area contributed by atoms with Gasteiger partial charge in [-0.3, -0.25) is 9.79 Å². The fraction of sp³-hybridized carbons (Fsp3) is 0.176. The van der Waals surface area contributed by atoms with Crippen molar-refractivity contribution in [2.45, 2.75) is 12.6 Å². The van der Waals surface area contributed by atoms with Crippen LogP contribution >= 0.6 is 0 Å². The predicted octanol–water partition coefficient (Wildman–Crippen LogP) is 1.42. The minimum absolute atomic E-state index is 0.183. The number of hydrogen-bond acceptors (Lipinski definition) is 4. The van der Waals surface area contributed by atoms with E-state index < -0.39 is 6.17 Å². The molecule has 0 spiro atoms. The van der Waals surface area contributed by atoms with E-state index in [1.165, 1.54) is 0 Å². The maximum Gasteiger partial charge on any atom is 0.266 e. The highest BCUT2D eigenvalue weighted by Gasteiger charge is 2.35. The quantitative estimate of drug-likeness (QED) is 0.834. The van der Waals surface area contributed by atoms with Gasteiger partial charge in [0.15, 0.2) is 6.17 Å². The van der Waals surface area contributed by atoms with Crippen molar-refractivity contribution in [2.24, 2.45) is 10.7 Å². The number of phenols is 1. The Morgan fingerprint density at radius 1 is 1.23 bits per heavy atom. The van der Waals surface area contributed by atoms with Crippen LogP contribution in [-0.4, -0.2) is 29.4 Å². The maximum atomic E-state index is 12.5. The number of anilines is 1. The van der Waals surface area contributed by atoms with Crippen LogP contribution in [0.3, 0.4) is 0 Å². The normalized spacial score (nSPS) is 19.7. The Morgan fingerprint density at radius 2 is 2.00 bits per heavy atom. The van der Waals surface area contributed by atoms with Crippen molar-refractivity contribution >= 4 is 17.3 Å². The standard InChI is InChI=1S/C17H15N3O2/c18-16-17(22)20-7-6-11-8-12(21)9-13(15(11)20)14(19-16)10-4-2-1-3-5-10/h1-5,8-9,16,21H,6-7,18H2. The first kappa shape index (κ1) is 13.0. The molecular formula is C17H15N3O2. The molecule has 2 aromatic rings. The summed E-state index contributed by atoms with van der Waals surface area (Å²) in [7, 11) is 0. The van der Waals surface area contributed by atoms with E-state index in [0.29, 0.717) is 12.3 Å². The van der Waals surface area contributed by atoms with E-state index in [-0.39, 0.29) is 11.7 Å². The second-order valence-electron chi connectivity index (χ2n) is 5.53. The molecule has 2 heterocycles. The van der Waals surface area contributed by atoms with Crippen LogP contribution in [-0.2, 0) is 11.2 Å². The van der Waals surface area contributed by atoms with Gasteiger partial charge in [0, 0.05) is 17.7 Å². The molecule has 5 heteroatoms. The Labute approximate surface area is 127 Å². The minimum Gasteiger partial charge on any atom is -0.508 e. The number of aliphatic imine (C=N–C) groups is 1. The van der Waals surface area contributed by atoms with Crippen LogP contribution in [0, 0.1) is 0 Å². The van der Waals surface area contributed by atoms with Crippen molar-refractivity contribution < 1.29 is 9.90 Å². The lowest BCUT2D eigenvalue weighted by Gasteiger charge is -2.18. The summed E-state index contributed by atoms with van der Waals surface area (Å²) in [5, 5.41) is 10.0. The fourth-order valence-electron chi connectivity index (χ4n) is 3.18. The molecule has 2 aliphatic heterocycles. The molecule has 110 valence electrons. The Hall–Kier alpha value is -2.66. The predicted molar refractivity (Wildman–Crippen MR) is 84.2 cm³/mol. The first-order chi connectivity index (χ1) is 10.6. The lowest BCUT2D eigenvalue weighted by molar-refractivity contribution is -0.119. The molecule has 1 amide bonds. The number of aromatic hydroxyl groups is 1. The van der Waals surface area contributed by atoms with Crippen molar-refractivity contribution in [2.75, 3.05) is 11.4 Å². The second kappa shape index (κ2) is 4.68.